The number of aliphatic hydroxyl groups excluding tert-OH is 1. The Morgan fingerprint density at radius 2 is 1.74 bits per heavy atom. The van der Waals surface area contributed by atoms with Gasteiger partial charge in [0.2, 0.25) is 5.91 Å². The van der Waals surface area contributed by atoms with Crippen LogP contribution in [-0.2, 0) is 10.3 Å². The van der Waals surface area contributed by atoms with Gasteiger partial charge in [-0.3, -0.25) is 9.69 Å². The summed E-state index contributed by atoms with van der Waals surface area (Å²) in [7, 11) is 1.57. The molecule has 2 aromatic rings. The number of piperazine rings is 1. The van der Waals surface area contributed by atoms with Crippen LogP contribution in [0.2, 0.25) is 0 Å². The van der Waals surface area contributed by atoms with Gasteiger partial charge in [0.05, 0.1) is 13.2 Å². The lowest BCUT2D eigenvalue weighted by Gasteiger charge is -2.46. The zero-order chi connectivity index (χ0) is 22.4. The van der Waals surface area contributed by atoms with Crippen molar-refractivity contribution in [2.75, 3.05) is 39.9 Å². The number of carbonyl (C=O) groups excluding carboxylic acids is 1. The first-order chi connectivity index (χ1) is 14.9. The van der Waals surface area contributed by atoms with Crippen molar-refractivity contribution in [3.8, 4) is 11.5 Å². The van der Waals surface area contributed by atoms with Gasteiger partial charge in [-0.2, -0.15) is 0 Å². The molecule has 0 spiro atoms. The Hall–Kier alpha value is -2.61. The Kier molecular flexibility index (Phi) is 7.54. The van der Waals surface area contributed by atoms with Crippen LogP contribution < -0.4 is 20.5 Å². The number of benzene rings is 2. The van der Waals surface area contributed by atoms with Crippen molar-refractivity contribution < 1.29 is 19.4 Å². The third-order valence-corrected chi connectivity index (χ3v) is 5.99. The normalized spacial score (nSPS) is 17.5. The fourth-order valence-electron chi connectivity index (χ4n) is 4.61. The summed E-state index contributed by atoms with van der Waals surface area (Å²) in [6.45, 7) is 6.83. The van der Waals surface area contributed by atoms with Gasteiger partial charge in [-0.25, -0.2) is 0 Å². The van der Waals surface area contributed by atoms with Crippen molar-refractivity contribution in [2.24, 2.45) is 5.73 Å². The lowest BCUT2D eigenvalue weighted by atomic mass is 9.77. The first-order valence-electron chi connectivity index (χ1n) is 10.7. The highest BCUT2D eigenvalue weighted by Gasteiger charge is 2.47. The summed E-state index contributed by atoms with van der Waals surface area (Å²) < 4.78 is 11.2. The van der Waals surface area contributed by atoms with Crippen molar-refractivity contribution in [3.63, 3.8) is 0 Å². The minimum atomic E-state index is -1.12. The summed E-state index contributed by atoms with van der Waals surface area (Å²) in [5, 5.41) is 14.3. The second kappa shape index (κ2) is 10.1. The topological polar surface area (TPSA) is 97.0 Å². The molecule has 31 heavy (non-hydrogen) atoms. The highest BCUT2D eigenvalue weighted by Crippen LogP contribution is 2.38. The van der Waals surface area contributed by atoms with E-state index in [-0.39, 0.29) is 13.0 Å². The van der Waals surface area contributed by atoms with E-state index in [0.29, 0.717) is 24.6 Å². The molecule has 1 amide bonds. The van der Waals surface area contributed by atoms with E-state index < -0.39 is 17.6 Å². The number of ether oxygens (including phenoxy) is 2. The molecule has 7 nitrogen and oxygen atoms in total. The van der Waals surface area contributed by atoms with Gasteiger partial charge in [-0.05, 0) is 42.7 Å². The molecular weight excluding hydrogens is 394 g/mol. The van der Waals surface area contributed by atoms with E-state index in [1.807, 2.05) is 44.2 Å². The van der Waals surface area contributed by atoms with Gasteiger partial charge in [0, 0.05) is 32.6 Å². The number of hydrogen-bond acceptors (Lipinski definition) is 6. The van der Waals surface area contributed by atoms with Crippen molar-refractivity contribution >= 4 is 5.91 Å². The molecule has 1 saturated heterocycles. The van der Waals surface area contributed by atoms with E-state index in [4.69, 9.17) is 15.2 Å². The summed E-state index contributed by atoms with van der Waals surface area (Å²) in [5.41, 5.74) is 7.82. The molecule has 0 saturated carbocycles. The molecular formula is C24H33N3O4. The predicted octanol–water partition coefficient (Wildman–Crippen LogP) is 1.73. The minimum Gasteiger partial charge on any atom is -0.493 e. The highest BCUT2D eigenvalue weighted by molar-refractivity contribution is 5.87. The van der Waals surface area contributed by atoms with Gasteiger partial charge >= 0.3 is 0 Å². The SMILES string of the molecule is COc1ccccc1OCC(O)CC(C(N)=O)(c1c(C)cccc1C)N1CCNCC1. The van der Waals surface area contributed by atoms with Crippen LogP contribution in [0.15, 0.2) is 42.5 Å². The molecule has 0 radical (unpaired) electrons. The molecule has 4 N–H and O–H groups in total. The van der Waals surface area contributed by atoms with Crippen LogP contribution in [0.4, 0.5) is 0 Å². The Bertz CT molecular complexity index is 878. The van der Waals surface area contributed by atoms with Gasteiger partial charge in [0.15, 0.2) is 11.5 Å². The van der Waals surface area contributed by atoms with Gasteiger partial charge in [0.25, 0.3) is 0 Å². The quantitative estimate of drug-likeness (QED) is 0.564. The number of aryl methyl sites for hydroxylation is 2. The average Bonchev–Trinajstić information content (AvgIpc) is 2.77. The lowest BCUT2D eigenvalue weighted by Crippen LogP contribution is -2.62. The zero-order valence-corrected chi connectivity index (χ0v) is 18.6. The molecule has 1 aliphatic heterocycles. The summed E-state index contributed by atoms with van der Waals surface area (Å²) in [4.78, 5) is 15.2. The van der Waals surface area contributed by atoms with Crippen LogP contribution in [0.25, 0.3) is 0 Å². The summed E-state index contributed by atoms with van der Waals surface area (Å²) in [5.74, 6) is 0.679. The maximum absolute atomic E-state index is 13.1. The molecule has 1 heterocycles. The Morgan fingerprint density at radius 1 is 1.13 bits per heavy atom. The van der Waals surface area contributed by atoms with Crippen molar-refractivity contribution in [2.45, 2.75) is 31.9 Å². The maximum Gasteiger partial charge on any atom is 0.242 e. The van der Waals surface area contributed by atoms with Crippen LogP contribution >= 0.6 is 0 Å². The fraction of sp³-hybridized carbons (Fsp3) is 0.458. The number of amides is 1. The maximum atomic E-state index is 13.1. The molecule has 1 aliphatic rings. The largest absolute Gasteiger partial charge is 0.493 e. The number of nitrogens with one attached hydrogen (secondary N) is 1. The van der Waals surface area contributed by atoms with Crippen LogP contribution in [0.5, 0.6) is 11.5 Å². The molecule has 0 aromatic heterocycles. The van der Waals surface area contributed by atoms with E-state index in [2.05, 4.69) is 10.2 Å². The van der Waals surface area contributed by atoms with Crippen molar-refractivity contribution in [1.29, 1.82) is 0 Å². The molecule has 2 aromatic carbocycles. The first-order valence-corrected chi connectivity index (χ1v) is 10.7. The molecule has 0 aliphatic carbocycles. The number of methoxy groups -OCH3 is 1. The van der Waals surface area contributed by atoms with Gasteiger partial charge in [-0.1, -0.05) is 30.3 Å². The molecule has 3 rings (SSSR count). The third-order valence-electron chi connectivity index (χ3n) is 5.99. The highest BCUT2D eigenvalue weighted by atomic mass is 16.5. The summed E-state index contributed by atoms with van der Waals surface area (Å²) in [6.07, 6.45) is -0.769. The Morgan fingerprint density at radius 3 is 2.32 bits per heavy atom. The van der Waals surface area contributed by atoms with Crippen LogP contribution in [0.3, 0.4) is 0 Å². The van der Waals surface area contributed by atoms with Crippen LogP contribution in [0, 0.1) is 13.8 Å². The number of hydrogen-bond donors (Lipinski definition) is 3. The lowest BCUT2D eigenvalue weighted by molar-refractivity contribution is -0.135. The van der Waals surface area contributed by atoms with Gasteiger partial charge in [0.1, 0.15) is 12.1 Å². The molecule has 0 bridgehead atoms. The van der Waals surface area contributed by atoms with E-state index in [9.17, 15) is 9.90 Å². The summed E-state index contributed by atoms with van der Waals surface area (Å²) >= 11 is 0. The Balaban J connectivity index is 1.93. The van der Waals surface area contributed by atoms with E-state index in [0.717, 1.165) is 29.8 Å². The second-order valence-corrected chi connectivity index (χ2v) is 8.05. The number of rotatable bonds is 9. The standard InChI is InChI=1S/C24H33N3O4/c1-17-7-6-8-18(2)22(17)24(23(25)29,27-13-11-26-12-14-27)15-19(28)16-31-21-10-5-4-9-20(21)30-3/h4-10,19,26,28H,11-16H2,1-3H3,(H2,25,29). The zero-order valence-electron chi connectivity index (χ0n) is 18.6. The molecule has 2 atom stereocenters. The minimum absolute atomic E-state index is 0.0203. The van der Waals surface area contributed by atoms with E-state index in [1.54, 1.807) is 19.2 Å². The van der Waals surface area contributed by atoms with E-state index in [1.165, 1.54) is 0 Å². The smallest absolute Gasteiger partial charge is 0.242 e. The molecule has 168 valence electrons. The number of carbonyl (C=O) groups is 1. The van der Waals surface area contributed by atoms with Gasteiger partial charge in [-0.15, -0.1) is 0 Å². The monoisotopic (exact) mass is 427 g/mol. The Labute approximate surface area is 184 Å². The third kappa shape index (κ3) is 4.84. The predicted molar refractivity (Wildman–Crippen MR) is 120 cm³/mol. The number of primary amides is 1. The summed E-state index contributed by atoms with van der Waals surface area (Å²) in [6, 6.07) is 13.2. The number of nitrogens with two attached hydrogens (primary N) is 1. The van der Waals surface area contributed by atoms with Crippen molar-refractivity contribution in [1.82, 2.24) is 10.2 Å². The average molecular weight is 428 g/mol. The number of aliphatic hydroxyl groups is 1. The molecule has 7 heteroatoms. The van der Waals surface area contributed by atoms with Crippen LogP contribution in [-0.4, -0.2) is 61.9 Å². The number of para-hydroxylation sites is 2. The first kappa shape index (κ1) is 23.1. The van der Waals surface area contributed by atoms with Crippen LogP contribution in [0.1, 0.15) is 23.1 Å². The van der Waals surface area contributed by atoms with Crippen molar-refractivity contribution in [3.05, 3.63) is 59.2 Å². The molecule has 2 unspecified atom stereocenters. The van der Waals surface area contributed by atoms with E-state index >= 15 is 0 Å². The fourth-order valence-corrected chi connectivity index (χ4v) is 4.61. The van der Waals surface area contributed by atoms with Gasteiger partial charge < -0.3 is 25.6 Å². The number of nitrogens with zero attached hydrogens (tertiary/aromatic N) is 1. The second-order valence-electron chi connectivity index (χ2n) is 8.05. The molecule has 1 fully saturated rings.